The zero-order valence-electron chi connectivity index (χ0n) is 9.16. The van der Waals surface area contributed by atoms with Crippen LogP contribution in [0, 0.1) is 0 Å². The first-order chi connectivity index (χ1) is 6.45. The molecule has 1 aromatic carbocycles. The van der Waals surface area contributed by atoms with Gasteiger partial charge in [0.15, 0.2) is 0 Å². The van der Waals surface area contributed by atoms with Crippen molar-refractivity contribution in [1.29, 1.82) is 0 Å². The molecular formula is C12H17SSe. The summed E-state index contributed by atoms with van der Waals surface area (Å²) in [4.78, 5) is 1.12. The van der Waals surface area contributed by atoms with Crippen molar-refractivity contribution in [3.8, 4) is 0 Å². The maximum absolute atomic E-state index is 4.58. The first-order valence-corrected chi connectivity index (χ1v) is 6.28. The Kier molecular flexibility index (Phi) is 4.12. The van der Waals surface area contributed by atoms with Crippen LogP contribution >= 0.6 is 12.6 Å². The summed E-state index contributed by atoms with van der Waals surface area (Å²) in [5, 5.41) is 0. The molecule has 0 N–H and O–H groups in total. The number of benzene rings is 1. The zero-order chi connectivity index (χ0) is 10.9. The van der Waals surface area contributed by atoms with E-state index in [4.69, 9.17) is 0 Å². The Balaban J connectivity index is 3.26. The van der Waals surface area contributed by atoms with Gasteiger partial charge in [0.05, 0.1) is 0 Å². The molecule has 0 nitrogen and oxygen atoms in total. The minimum atomic E-state index is 0.538. The van der Waals surface area contributed by atoms with Crippen molar-refractivity contribution in [3.05, 3.63) is 23.3 Å². The molecule has 0 heterocycles. The third-order valence-electron chi connectivity index (χ3n) is 2.44. The monoisotopic (exact) mass is 273 g/mol. The number of hydrogen-bond acceptors (Lipinski definition) is 1. The van der Waals surface area contributed by atoms with Gasteiger partial charge in [0.2, 0.25) is 0 Å². The van der Waals surface area contributed by atoms with Crippen molar-refractivity contribution in [1.82, 2.24) is 0 Å². The summed E-state index contributed by atoms with van der Waals surface area (Å²) in [6, 6.07) is 4.41. The SMILES string of the molecule is CC(C)c1ccc(C(C)C)c([Se])c1S. The normalized spacial score (nSPS) is 11.4. The molecule has 77 valence electrons. The fraction of sp³-hybridized carbons (Fsp3) is 0.500. The predicted octanol–water partition coefficient (Wildman–Crippen LogP) is 3.02. The molecule has 0 bridgehead atoms. The van der Waals surface area contributed by atoms with Crippen molar-refractivity contribution in [2.45, 2.75) is 44.4 Å². The van der Waals surface area contributed by atoms with Gasteiger partial charge in [-0.15, -0.1) is 0 Å². The van der Waals surface area contributed by atoms with Gasteiger partial charge in [-0.2, -0.15) is 0 Å². The van der Waals surface area contributed by atoms with Crippen LogP contribution in [-0.4, -0.2) is 16.0 Å². The molecule has 0 aliphatic rings. The first kappa shape index (κ1) is 12.2. The van der Waals surface area contributed by atoms with Crippen molar-refractivity contribution >= 4 is 33.1 Å². The standard InChI is InChI=1S/C12H17SSe/c1-7(2)9-5-6-10(8(3)4)12(14)11(9)13/h5-8,13H,1-4H3. The quantitative estimate of drug-likeness (QED) is 0.621. The van der Waals surface area contributed by atoms with E-state index < -0.39 is 0 Å². The molecule has 0 fully saturated rings. The minimum absolute atomic E-state index is 0.538. The van der Waals surface area contributed by atoms with E-state index in [9.17, 15) is 0 Å². The summed E-state index contributed by atoms with van der Waals surface area (Å²) < 4.78 is 1.22. The van der Waals surface area contributed by atoms with Crippen LogP contribution in [0.25, 0.3) is 0 Å². The van der Waals surface area contributed by atoms with Gasteiger partial charge >= 0.3 is 101 Å². The Hall–Kier alpha value is 0.0895. The molecule has 0 aromatic heterocycles. The van der Waals surface area contributed by atoms with Gasteiger partial charge < -0.3 is 0 Å². The summed E-state index contributed by atoms with van der Waals surface area (Å²) >= 11 is 7.72. The van der Waals surface area contributed by atoms with Crippen LogP contribution in [0.15, 0.2) is 17.0 Å². The van der Waals surface area contributed by atoms with Crippen LogP contribution in [0.2, 0.25) is 0 Å². The van der Waals surface area contributed by atoms with Gasteiger partial charge in [-0.25, -0.2) is 0 Å². The predicted molar refractivity (Wildman–Crippen MR) is 67.3 cm³/mol. The van der Waals surface area contributed by atoms with Crippen LogP contribution in [-0.2, 0) is 0 Å². The molecule has 0 saturated carbocycles. The Morgan fingerprint density at radius 1 is 1.00 bits per heavy atom. The summed E-state index contributed by atoms with van der Waals surface area (Å²) in [5.74, 6) is 1.09. The molecule has 14 heavy (non-hydrogen) atoms. The van der Waals surface area contributed by atoms with E-state index in [1.165, 1.54) is 15.6 Å². The molecule has 1 rings (SSSR count). The van der Waals surface area contributed by atoms with E-state index in [0.717, 1.165) is 4.90 Å². The second kappa shape index (κ2) is 4.74. The zero-order valence-corrected chi connectivity index (χ0v) is 11.8. The van der Waals surface area contributed by atoms with Crippen LogP contribution in [0.3, 0.4) is 0 Å². The van der Waals surface area contributed by atoms with Crippen LogP contribution in [0.4, 0.5) is 0 Å². The molecule has 1 radical (unpaired) electrons. The fourth-order valence-corrected chi connectivity index (χ4v) is 2.87. The second-order valence-electron chi connectivity index (χ2n) is 4.23. The topological polar surface area (TPSA) is 0 Å². The summed E-state index contributed by atoms with van der Waals surface area (Å²) in [6.07, 6.45) is 0. The third-order valence-corrected chi connectivity index (χ3v) is 4.18. The van der Waals surface area contributed by atoms with Crippen LogP contribution in [0.5, 0.6) is 0 Å². The Bertz CT molecular complexity index is 296. The molecule has 2 heteroatoms. The molecule has 1 aromatic rings. The van der Waals surface area contributed by atoms with Gasteiger partial charge in [0, 0.05) is 0 Å². The molecule has 0 amide bonds. The summed E-state index contributed by atoms with van der Waals surface area (Å²) in [7, 11) is 0. The number of thiol groups is 1. The molecule has 0 saturated heterocycles. The van der Waals surface area contributed by atoms with E-state index in [0.29, 0.717) is 11.8 Å². The van der Waals surface area contributed by atoms with E-state index in [2.05, 4.69) is 68.5 Å². The molecule has 0 spiro atoms. The maximum atomic E-state index is 4.58. The number of rotatable bonds is 2. The Morgan fingerprint density at radius 2 is 1.43 bits per heavy atom. The van der Waals surface area contributed by atoms with Gasteiger partial charge in [0.1, 0.15) is 0 Å². The third kappa shape index (κ3) is 2.36. The Labute approximate surface area is 101 Å². The van der Waals surface area contributed by atoms with Crippen molar-refractivity contribution in [2.75, 3.05) is 0 Å². The summed E-state index contributed by atoms with van der Waals surface area (Å²) in [6.45, 7) is 8.81. The second-order valence-corrected chi connectivity index (χ2v) is 5.53. The fourth-order valence-electron chi connectivity index (χ4n) is 1.52. The summed E-state index contributed by atoms with van der Waals surface area (Å²) in [5.41, 5.74) is 2.69. The van der Waals surface area contributed by atoms with Gasteiger partial charge in [-0.3, -0.25) is 0 Å². The van der Waals surface area contributed by atoms with E-state index in [1.807, 2.05) is 0 Å². The van der Waals surface area contributed by atoms with Crippen LogP contribution in [0.1, 0.15) is 50.7 Å². The van der Waals surface area contributed by atoms with Crippen molar-refractivity contribution in [3.63, 3.8) is 0 Å². The van der Waals surface area contributed by atoms with Gasteiger partial charge in [-0.05, 0) is 0 Å². The first-order valence-electron chi connectivity index (χ1n) is 4.98. The van der Waals surface area contributed by atoms with Crippen molar-refractivity contribution < 1.29 is 0 Å². The van der Waals surface area contributed by atoms with Gasteiger partial charge in [0.25, 0.3) is 0 Å². The molecular weight excluding hydrogens is 255 g/mol. The number of hydrogen-bond donors (Lipinski definition) is 1. The molecule has 0 aliphatic heterocycles. The average molecular weight is 272 g/mol. The van der Waals surface area contributed by atoms with Crippen molar-refractivity contribution in [2.24, 2.45) is 0 Å². The van der Waals surface area contributed by atoms with Crippen LogP contribution < -0.4 is 4.46 Å². The van der Waals surface area contributed by atoms with E-state index >= 15 is 0 Å². The molecule has 0 unspecified atom stereocenters. The molecule has 0 atom stereocenters. The average Bonchev–Trinajstić information content (AvgIpc) is 2.08. The molecule has 0 aliphatic carbocycles. The Morgan fingerprint density at radius 3 is 1.86 bits per heavy atom. The van der Waals surface area contributed by atoms with E-state index in [-0.39, 0.29) is 0 Å². The van der Waals surface area contributed by atoms with E-state index in [1.54, 1.807) is 0 Å². The van der Waals surface area contributed by atoms with Gasteiger partial charge in [-0.1, -0.05) is 0 Å².